The summed E-state index contributed by atoms with van der Waals surface area (Å²) in [5.74, 6) is 0.705. The summed E-state index contributed by atoms with van der Waals surface area (Å²) in [6, 6.07) is 5.06. The lowest BCUT2D eigenvalue weighted by Crippen LogP contribution is -2.30. The van der Waals surface area contributed by atoms with E-state index < -0.39 is 4.92 Å². The van der Waals surface area contributed by atoms with Gasteiger partial charge in [0.1, 0.15) is 12.1 Å². The molecule has 2 aromatic rings. The quantitative estimate of drug-likeness (QED) is 0.610. The van der Waals surface area contributed by atoms with Crippen LogP contribution in [0.15, 0.2) is 24.5 Å². The number of piperidine rings is 1. The van der Waals surface area contributed by atoms with Gasteiger partial charge in [0.25, 0.3) is 0 Å². The average molecular weight is 349 g/mol. The second kappa shape index (κ2) is 7.00. The van der Waals surface area contributed by atoms with E-state index in [1.807, 2.05) is 11.8 Å². The van der Waals surface area contributed by atoms with E-state index in [0.29, 0.717) is 16.6 Å². The highest BCUT2D eigenvalue weighted by atomic mass is 35.5. The molecule has 0 N–H and O–H groups in total. The van der Waals surface area contributed by atoms with Gasteiger partial charge in [-0.2, -0.15) is 4.98 Å². The molecule has 7 nitrogen and oxygen atoms in total. The van der Waals surface area contributed by atoms with Crippen molar-refractivity contribution in [3.8, 4) is 11.6 Å². The van der Waals surface area contributed by atoms with Crippen molar-refractivity contribution in [3.63, 3.8) is 0 Å². The number of ether oxygens (including phenoxy) is 1. The number of rotatable bonds is 4. The predicted molar refractivity (Wildman–Crippen MR) is 91.0 cm³/mol. The maximum absolute atomic E-state index is 11.6. The van der Waals surface area contributed by atoms with E-state index in [1.54, 1.807) is 18.2 Å². The van der Waals surface area contributed by atoms with Crippen LogP contribution in [0.4, 0.5) is 11.5 Å². The zero-order valence-electron chi connectivity index (χ0n) is 13.2. The van der Waals surface area contributed by atoms with Gasteiger partial charge in [-0.05, 0) is 49.9 Å². The van der Waals surface area contributed by atoms with Crippen molar-refractivity contribution in [2.75, 3.05) is 18.0 Å². The van der Waals surface area contributed by atoms with Crippen LogP contribution in [0, 0.1) is 17.0 Å². The van der Waals surface area contributed by atoms with Gasteiger partial charge in [-0.25, -0.2) is 4.98 Å². The second-order valence-electron chi connectivity index (χ2n) is 5.67. The zero-order valence-corrected chi connectivity index (χ0v) is 14.0. The molecular formula is C16H17ClN4O3. The number of nitro groups is 1. The number of hydrogen-bond donors (Lipinski definition) is 0. The normalized spacial score (nSPS) is 14.5. The SMILES string of the molecule is Cc1cc(Oc2ncnc(N3CCCCC3)c2[N+](=O)[O-])ccc1Cl. The number of benzene rings is 1. The first-order valence-electron chi connectivity index (χ1n) is 7.74. The molecule has 8 heteroatoms. The van der Waals surface area contributed by atoms with Crippen molar-refractivity contribution < 1.29 is 9.66 Å². The van der Waals surface area contributed by atoms with Crippen LogP contribution in [0.5, 0.6) is 11.6 Å². The summed E-state index contributed by atoms with van der Waals surface area (Å²) in [6.45, 7) is 3.33. The summed E-state index contributed by atoms with van der Waals surface area (Å²) in [5.41, 5.74) is 0.620. The van der Waals surface area contributed by atoms with Gasteiger partial charge in [0.05, 0.1) is 4.92 Å². The molecule has 0 saturated carbocycles. The van der Waals surface area contributed by atoms with E-state index in [-0.39, 0.29) is 11.6 Å². The van der Waals surface area contributed by atoms with E-state index in [2.05, 4.69) is 9.97 Å². The van der Waals surface area contributed by atoms with Gasteiger partial charge in [-0.3, -0.25) is 10.1 Å². The number of aryl methyl sites for hydroxylation is 1. The number of anilines is 1. The summed E-state index contributed by atoms with van der Waals surface area (Å²) in [5, 5.41) is 12.2. The van der Waals surface area contributed by atoms with Crippen LogP contribution in [0.1, 0.15) is 24.8 Å². The fourth-order valence-electron chi connectivity index (χ4n) is 2.72. The Labute approximate surface area is 144 Å². The lowest BCUT2D eigenvalue weighted by Gasteiger charge is -2.27. The molecule has 3 rings (SSSR count). The Morgan fingerprint density at radius 2 is 2.00 bits per heavy atom. The first-order valence-corrected chi connectivity index (χ1v) is 8.12. The summed E-state index contributed by atoms with van der Waals surface area (Å²) in [4.78, 5) is 21.1. The highest BCUT2D eigenvalue weighted by molar-refractivity contribution is 6.31. The molecule has 24 heavy (non-hydrogen) atoms. The molecule has 0 bridgehead atoms. The molecule has 1 aromatic carbocycles. The van der Waals surface area contributed by atoms with Crippen LogP contribution in [-0.2, 0) is 0 Å². The van der Waals surface area contributed by atoms with Gasteiger partial charge in [0.15, 0.2) is 0 Å². The van der Waals surface area contributed by atoms with Crippen LogP contribution in [-0.4, -0.2) is 28.0 Å². The minimum absolute atomic E-state index is 0.0581. The molecule has 0 atom stereocenters. The van der Waals surface area contributed by atoms with Gasteiger partial charge in [-0.1, -0.05) is 11.6 Å². The van der Waals surface area contributed by atoms with Gasteiger partial charge in [0, 0.05) is 18.1 Å². The van der Waals surface area contributed by atoms with E-state index >= 15 is 0 Å². The Kier molecular flexibility index (Phi) is 4.80. The van der Waals surface area contributed by atoms with E-state index in [9.17, 15) is 10.1 Å². The van der Waals surface area contributed by atoms with Gasteiger partial charge >= 0.3 is 11.6 Å². The maximum Gasteiger partial charge on any atom is 0.373 e. The number of aromatic nitrogens is 2. The standard InChI is InChI=1S/C16H17ClN4O3/c1-11-9-12(5-6-13(11)17)24-16-14(21(22)23)15(18-10-19-16)20-7-3-2-4-8-20/h5-6,9-10H,2-4,7-8H2,1H3. The van der Waals surface area contributed by atoms with Crippen LogP contribution in [0.25, 0.3) is 0 Å². The Bertz CT molecular complexity index is 763. The van der Waals surface area contributed by atoms with E-state index in [4.69, 9.17) is 16.3 Å². The molecule has 1 saturated heterocycles. The molecule has 0 amide bonds. The molecule has 0 unspecified atom stereocenters. The summed E-state index contributed by atoms with van der Waals surface area (Å²) < 4.78 is 5.66. The maximum atomic E-state index is 11.6. The first kappa shape index (κ1) is 16.4. The highest BCUT2D eigenvalue weighted by Crippen LogP contribution is 2.37. The lowest BCUT2D eigenvalue weighted by atomic mass is 10.1. The number of nitrogens with zero attached hydrogens (tertiary/aromatic N) is 4. The van der Waals surface area contributed by atoms with Crippen molar-refractivity contribution >= 4 is 23.1 Å². The Morgan fingerprint density at radius 1 is 1.25 bits per heavy atom. The number of hydrogen-bond acceptors (Lipinski definition) is 6. The predicted octanol–water partition coefficient (Wildman–Crippen LogP) is 4.13. The van der Waals surface area contributed by atoms with Crippen molar-refractivity contribution in [2.24, 2.45) is 0 Å². The fourth-order valence-corrected chi connectivity index (χ4v) is 2.84. The van der Waals surface area contributed by atoms with Crippen LogP contribution >= 0.6 is 11.6 Å². The summed E-state index contributed by atoms with van der Waals surface area (Å²) >= 11 is 6.00. The van der Waals surface area contributed by atoms with Crippen LogP contribution < -0.4 is 9.64 Å². The molecular weight excluding hydrogens is 332 g/mol. The van der Waals surface area contributed by atoms with Crippen molar-refractivity contribution in [3.05, 3.63) is 45.2 Å². The molecule has 1 aliphatic rings. The zero-order chi connectivity index (χ0) is 17.1. The highest BCUT2D eigenvalue weighted by Gasteiger charge is 2.29. The topological polar surface area (TPSA) is 81.4 Å². The third-order valence-corrected chi connectivity index (χ3v) is 4.38. The van der Waals surface area contributed by atoms with Crippen molar-refractivity contribution in [1.82, 2.24) is 9.97 Å². The number of halogens is 1. The molecule has 1 fully saturated rings. The monoisotopic (exact) mass is 348 g/mol. The molecule has 0 radical (unpaired) electrons. The lowest BCUT2D eigenvalue weighted by molar-refractivity contribution is -0.385. The van der Waals surface area contributed by atoms with E-state index in [1.165, 1.54) is 6.33 Å². The Hall–Kier alpha value is -2.41. The smallest absolute Gasteiger partial charge is 0.373 e. The van der Waals surface area contributed by atoms with Crippen LogP contribution in [0.3, 0.4) is 0 Å². The van der Waals surface area contributed by atoms with Crippen molar-refractivity contribution in [2.45, 2.75) is 26.2 Å². The Morgan fingerprint density at radius 3 is 2.67 bits per heavy atom. The molecule has 126 valence electrons. The largest absolute Gasteiger partial charge is 0.434 e. The minimum Gasteiger partial charge on any atom is -0.434 e. The molecule has 2 heterocycles. The summed E-state index contributed by atoms with van der Waals surface area (Å²) in [6.07, 6.45) is 4.42. The van der Waals surface area contributed by atoms with Gasteiger partial charge in [0.2, 0.25) is 5.82 Å². The molecule has 0 spiro atoms. The molecule has 1 aliphatic heterocycles. The summed E-state index contributed by atoms with van der Waals surface area (Å²) in [7, 11) is 0. The Balaban J connectivity index is 1.97. The average Bonchev–Trinajstić information content (AvgIpc) is 2.58. The van der Waals surface area contributed by atoms with Gasteiger partial charge < -0.3 is 9.64 Å². The second-order valence-corrected chi connectivity index (χ2v) is 6.08. The van der Waals surface area contributed by atoms with E-state index in [0.717, 1.165) is 37.9 Å². The fraction of sp³-hybridized carbons (Fsp3) is 0.375. The van der Waals surface area contributed by atoms with Crippen molar-refractivity contribution in [1.29, 1.82) is 0 Å². The van der Waals surface area contributed by atoms with Crippen LogP contribution in [0.2, 0.25) is 5.02 Å². The third kappa shape index (κ3) is 3.41. The minimum atomic E-state index is -0.484. The molecule has 0 aliphatic carbocycles. The first-order chi connectivity index (χ1) is 11.6. The third-order valence-electron chi connectivity index (χ3n) is 3.95. The van der Waals surface area contributed by atoms with Gasteiger partial charge in [-0.15, -0.1) is 0 Å². The molecule has 1 aromatic heterocycles.